The van der Waals surface area contributed by atoms with E-state index in [1.807, 2.05) is 0 Å². The van der Waals surface area contributed by atoms with Crippen LogP contribution in [0.1, 0.15) is 49.4 Å². The molecule has 3 atom stereocenters. The molecule has 3 unspecified atom stereocenters. The molecule has 0 radical (unpaired) electrons. The second kappa shape index (κ2) is 10.6. The number of unbranched alkanes of at least 4 members (excludes halogenated alkanes) is 2. The minimum atomic E-state index is -1.03. The highest BCUT2D eigenvalue weighted by atomic mass is 16.5. The van der Waals surface area contributed by atoms with Crippen LogP contribution in [0.5, 0.6) is 5.75 Å². The number of hydrogen-bond acceptors (Lipinski definition) is 6. The highest BCUT2D eigenvalue weighted by Crippen LogP contribution is 2.40. The second-order valence-corrected chi connectivity index (χ2v) is 8.85. The third-order valence-corrected chi connectivity index (χ3v) is 6.60. The summed E-state index contributed by atoms with van der Waals surface area (Å²) in [5.74, 6) is -2.45. The molecular formula is C26H29N3O5. The highest BCUT2D eigenvalue weighted by Gasteiger charge is 2.45. The SMILES string of the molecule is CCCCCOc1ccc(C(=O)C2CCC(Cn3nnc4ccccc4c3=O)C2C(=O)O)cc1. The summed E-state index contributed by atoms with van der Waals surface area (Å²) in [6, 6.07) is 13.8. The molecule has 1 fully saturated rings. The van der Waals surface area contributed by atoms with Crippen LogP contribution in [0.2, 0.25) is 0 Å². The fourth-order valence-corrected chi connectivity index (χ4v) is 4.79. The zero-order valence-electron chi connectivity index (χ0n) is 19.2. The maximum atomic E-state index is 13.2. The molecule has 1 aromatic heterocycles. The van der Waals surface area contributed by atoms with Crippen molar-refractivity contribution in [2.24, 2.45) is 17.8 Å². The largest absolute Gasteiger partial charge is 0.494 e. The van der Waals surface area contributed by atoms with Gasteiger partial charge in [-0.3, -0.25) is 14.4 Å². The van der Waals surface area contributed by atoms with Gasteiger partial charge in [0.15, 0.2) is 5.78 Å². The van der Waals surface area contributed by atoms with Crippen molar-refractivity contribution in [3.63, 3.8) is 0 Å². The lowest BCUT2D eigenvalue weighted by atomic mass is 9.84. The molecule has 4 rings (SSSR count). The predicted octanol–water partition coefficient (Wildman–Crippen LogP) is 3.97. The van der Waals surface area contributed by atoms with Crippen molar-refractivity contribution < 1.29 is 19.4 Å². The summed E-state index contributed by atoms with van der Waals surface area (Å²) >= 11 is 0. The molecule has 1 aliphatic carbocycles. The summed E-state index contributed by atoms with van der Waals surface area (Å²) < 4.78 is 6.92. The van der Waals surface area contributed by atoms with Crippen LogP contribution in [0.4, 0.5) is 0 Å². The number of Topliss-reactive ketones (excluding diaryl/α,β-unsaturated/α-hetero) is 1. The van der Waals surface area contributed by atoms with Gasteiger partial charge in [0, 0.05) is 11.5 Å². The van der Waals surface area contributed by atoms with Gasteiger partial charge in [0.2, 0.25) is 0 Å². The number of aromatic nitrogens is 3. The summed E-state index contributed by atoms with van der Waals surface area (Å²) in [6.45, 7) is 2.87. The van der Waals surface area contributed by atoms with Gasteiger partial charge < -0.3 is 9.84 Å². The van der Waals surface area contributed by atoms with E-state index in [-0.39, 0.29) is 23.8 Å². The molecule has 1 saturated carbocycles. The fraction of sp³-hybridized carbons (Fsp3) is 0.423. The van der Waals surface area contributed by atoms with Crippen molar-refractivity contribution in [2.75, 3.05) is 6.61 Å². The first-order valence-corrected chi connectivity index (χ1v) is 11.8. The Kier molecular flexibility index (Phi) is 7.35. The molecule has 1 aliphatic rings. The van der Waals surface area contributed by atoms with E-state index in [4.69, 9.17) is 4.74 Å². The van der Waals surface area contributed by atoms with Crippen LogP contribution in [0.3, 0.4) is 0 Å². The van der Waals surface area contributed by atoms with E-state index in [1.54, 1.807) is 48.5 Å². The highest BCUT2D eigenvalue weighted by molar-refractivity contribution is 6.00. The number of carbonyl (C=O) groups excluding carboxylic acids is 1. The van der Waals surface area contributed by atoms with Crippen LogP contribution < -0.4 is 10.3 Å². The van der Waals surface area contributed by atoms with Crippen LogP contribution in [0.25, 0.3) is 10.9 Å². The maximum Gasteiger partial charge on any atom is 0.307 e. The number of carboxylic acid groups (broad SMARTS) is 1. The summed E-state index contributed by atoms with van der Waals surface area (Å²) in [4.78, 5) is 38.2. The number of carboxylic acids is 1. The monoisotopic (exact) mass is 463 g/mol. The second-order valence-electron chi connectivity index (χ2n) is 8.85. The molecule has 178 valence electrons. The molecule has 0 saturated heterocycles. The minimum Gasteiger partial charge on any atom is -0.494 e. The lowest BCUT2D eigenvalue weighted by Gasteiger charge is -2.20. The van der Waals surface area contributed by atoms with E-state index in [9.17, 15) is 19.5 Å². The van der Waals surface area contributed by atoms with E-state index >= 15 is 0 Å². The Hall–Kier alpha value is -3.55. The third kappa shape index (κ3) is 5.00. The molecule has 0 aliphatic heterocycles. The Bertz CT molecular complexity index is 1220. The summed E-state index contributed by atoms with van der Waals surface area (Å²) in [5.41, 5.74) is 0.662. The van der Waals surface area contributed by atoms with Gasteiger partial charge in [-0.15, -0.1) is 5.10 Å². The number of fused-ring (bicyclic) bond motifs is 1. The number of aliphatic carboxylic acids is 1. The van der Waals surface area contributed by atoms with Crippen LogP contribution in [-0.2, 0) is 11.3 Å². The van der Waals surface area contributed by atoms with Gasteiger partial charge in [-0.1, -0.05) is 37.1 Å². The maximum absolute atomic E-state index is 13.2. The number of benzene rings is 2. The average molecular weight is 464 g/mol. The van der Waals surface area contributed by atoms with Crippen molar-refractivity contribution in [3.8, 4) is 5.75 Å². The quantitative estimate of drug-likeness (QED) is 0.358. The molecule has 0 spiro atoms. The number of hydrogen-bond donors (Lipinski definition) is 1. The molecule has 34 heavy (non-hydrogen) atoms. The standard InChI is InChI=1S/C26H29N3O5/c1-2-3-6-15-34-19-12-9-17(10-13-19)24(30)21-14-11-18(23(21)26(32)33)16-29-25(31)20-7-4-5-8-22(20)27-28-29/h4-5,7-10,12-13,18,21,23H,2-3,6,11,14-16H2,1H3,(H,32,33). The topological polar surface area (TPSA) is 111 Å². The average Bonchev–Trinajstić information content (AvgIpc) is 3.27. The van der Waals surface area contributed by atoms with Gasteiger partial charge in [-0.2, -0.15) is 0 Å². The number of ether oxygens (including phenoxy) is 1. The van der Waals surface area contributed by atoms with E-state index < -0.39 is 17.8 Å². The summed E-state index contributed by atoms with van der Waals surface area (Å²) in [7, 11) is 0. The molecule has 1 N–H and O–H groups in total. The molecule has 0 amide bonds. The Morgan fingerprint density at radius 1 is 1.09 bits per heavy atom. The zero-order chi connectivity index (χ0) is 24.1. The smallest absolute Gasteiger partial charge is 0.307 e. The van der Waals surface area contributed by atoms with E-state index in [2.05, 4.69) is 17.2 Å². The number of ketones is 1. The lowest BCUT2D eigenvalue weighted by Crippen LogP contribution is -2.34. The normalized spacial score (nSPS) is 19.9. The number of carbonyl (C=O) groups is 2. The van der Waals surface area contributed by atoms with Gasteiger partial charge in [-0.05, 0) is 61.6 Å². The van der Waals surface area contributed by atoms with E-state index in [0.717, 1.165) is 19.3 Å². The van der Waals surface area contributed by atoms with Crippen LogP contribution in [-0.4, -0.2) is 38.5 Å². The van der Waals surface area contributed by atoms with Crippen molar-refractivity contribution in [1.82, 2.24) is 15.0 Å². The van der Waals surface area contributed by atoms with Crippen molar-refractivity contribution in [1.29, 1.82) is 0 Å². The van der Waals surface area contributed by atoms with Crippen LogP contribution in [0.15, 0.2) is 53.3 Å². The Balaban J connectivity index is 1.47. The molecule has 1 heterocycles. The van der Waals surface area contributed by atoms with Gasteiger partial charge in [0.05, 0.1) is 24.5 Å². The van der Waals surface area contributed by atoms with Crippen LogP contribution >= 0.6 is 0 Å². The van der Waals surface area contributed by atoms with E-state index in [0.29, 0.717) is 41.7 Å². The van der Waals surface area contributed by atoms with E-state index in [1.165, 1.54) is 4.68 Å². The Morgan fingerprint density at radius 2 is 1.85 bits per heavy atom. The summed E-state index contributed by atoms with van der Waals surface area (Å²) in [5, 5.41) is 18.5. The van der Waals surface area contributed by atoms with Crippen LogP contribution in [0, 0.1) is 17.8 Å². The molecular weight excluding hydrogens is 434 g/mol. The predicted molar refractivity (Wildman–Crippen MR) is 127 cm³/mol. The zero-order valence-corrected chi connectivity index (χ0v) is 19.2. The van der Waals surface area contributed by atoms with Crippen molar-refractivity contribution in [2.45, 2.75) is 45.6 Å². The van der Waals surface area contributed by atoms with Gasteiger partial charge in [-0.25, -0.2) is 4.68 Å². The summed E-state index contributed by atoms with van der Waals surface area (Å²) in [6.07, 6.45) is 4.17. The third-order valence-electron chi connectivity index (χ3n) is 6.60. The minimum absolute atomic E-state index is 0.113. The van der Waals surface area contributed by atoms with Crippen molar-refractivity contribution >= 4 is 22.7 Å². The molecule has 8 heteroatoms. The Labute approximate surface area is 197 Å². The Morgan fingerprint density at radius 3 is 2.59 bits per heavy atom. The molecule has 0 bridgehead atoms. The van der Waals surface area contributed by atoms with Gasteiger partial charge >= 0.3 is 5.97 Å². The first-order valence-electron chi connectivity index (χ1n) is 11.8. The van der Waals surface area contributed by atoms with Crippen molar-refractivity contribution in [3.05, 3.63) is 64.4 Å². The fourth-order valence-electron chi connectivity index (χ4n) is 4.79. The molecule has 3 aromatic rings. The first-order chi connectivity index (χ1) is 16.5. The first kappa shape index (κ1) is 23.6. The number of rotatable bonds is 10. The number of nitrogens with zero attached hydrogens (tertiary/aromatic N) is 3. The van der Waals surface area contributed by atoms with Gasteiger partial charge in [0.25, 0.3) is 5.56 Å². The van der Waals surface area contributed by atoms with Gasteiger partial charge in [0.1, 0.15) is 11.3 Å². The molecule has 8 nitrogen and oxygen atoms in total. The molecule has 2 aromatic carbocycles. The lowest BCUT2D eigenvalue weighted by molar-refractivity contribution is -0.144.